The maximum atomic E-state index is 14.4. The lowest BCUT2D eigenvalue weighted by Gasteiger charge is -2.20. The normalized spacial score (nSPS) is 11.9. The van der Waals surface area contributed by atoms with E-state index in [1.165, 1.54) is 12.1 Å². The number of nitrogens with zero attached hydrogens (tertiary/aromatic N) is 5. The molecule has 10 aromatic rings. The Morgan fingerprint density at radius 3 is 1.17 bits per heavy atom. The SMILES string of the molecule is N#Cc1ccccc1-c1ccc2c(c1)c1ccccc1n2-c1cc(-c2cc(C(F)(F)F)cc(C(F)(F)F)c2)cc(-n2c3ccccc3c3cc(-c4ccccc4C#N)ccc32)c1C#N. The number of nitriles is 3. The van der Waals surface area contributed by atoms with Crippen molar-refractivity contribution in [2.75, 3.05) is 0 Å². The summed E-state index contributed by atoms with van der Waals surface area (Å²) in [5, 5.41) is 34.1. The van der Waals surface area contributed by atoms with Crippen LogP contribution >= 0.6 is 0 Å². The van der Waals surface area contributed by atoms with Crippen molar-refractivity contribution >= 4 is 43.6 Å². The van der Waals surface area contributed by atoms with E-state index in [-0.39, 0.29) is 34.1 Å². The van der Waals surface area contributed by atoms with Crippen molar-refractivity contribution in [3.63, 3.8) is 0 Å². The minimum Gasteiger partial charge on any atom is -0.308 e. The number of fused-ring (bicyclic) bond motifs is 6. The van der Waals surface area contributed by atoms with Gasteiger partial charge in [-0.05, 0) is 112 Å². The first-order valence-corrected chi connectivity index (χ1v) is 19.8. The van der Waals surface area contributed by atoms with Crippen molar-refractivity contribution < 1.29 is 26.3 Å². The highest BCUT2D eigenvalue weighted by Crippen LogP contribution is 2.44. The van der Waals surface area contributed by atoms with E-state index in [1.54, 1.807) is 45.5 Å². The van der Waals surface area contributed by atoms with Crippen LogP contribution in [-0.4, -0.2) is 9.13 Å². The molecule has 0 aliphatic rings. The van der Waals surface area contributed by atoms with Gasteiger partial charge in [0, 0.05) is 21.5 Å². The molecule has 0 N–H and O–H groups in total. The number of benzene rings is 8. The molecule has 0 radical (unpaired) electrons. The molecule has 0 fully saturated rings. The third kappa shape index (κ3) is 6.40. The zero-order chi connectivity index (χ0) is 44.5. The lowest BCUT2D eigenvalue weighted by atomic mass is 9.96. The van der Waals surface area contributed by atoms with Crippen LogP contribution in [0.4, 0.5) is 26.3 Å². The molecule has 0 bridgehead atoms. The summed E-state index contributed by atoms with van der Waals surface area (Å²) in [6.07, 6.45) is -10.2. The number of para-hydroxylation sites is 2. The summed E-state index contributed by atoms with van der Waals surface area (Å²) in [7, 11) is 0. The summed E-state index contributed by atoms with van der Waals surface area (Å²) in [5.74, 6) is 0. The first kappa shape index (κ1) is 39.5. The number of aromatic nitrogens is 2. The predicted molar refractivity (Wildman–Crippen MR) is 236 cm³/mol. The van der Waals surface area contributed by atoms with E-state index >= 15 is 0 Å². The highest BCUT2D eigenvalue weighted by Gasteiger charge is 2.37. The molecule has 306 valence electrons. The van der Waals surface area contributed by atoms with Gasteiger partial charge in [0.1, 0.15) is 11.6 Å². The number of halogens is 6. The zero-order valence-electron chi connectivity index (χ0n) is 33.1. The Morgan fingerprint density at radius 1 is 0.359 bits per heavy atom. The van der Waals surface area contributed by atoms with Crippen LogP contribution in [0.2, 0.25) is 0 Å². The summed E-state index contributed by atoms with van der Waals surface area (Å²) in [4.78, 5) is 0. The van der Waals surface area contributed by atoms with Gasteiger partial charge in [-0.2, -0.15) is 42.1 Å². The first-order chi connectivity index (χ1) is 30.9. The van der Waals surface area contributed by atoms with Gasteiger partial charge in [-0.25, -0.2) is 0 Å². The summed E-state index contributed by atoms with van der Waals surface area (Å²) < 4.78 is 90.2. The van der Waals surface area contributed by atoms with Crippen molar-refractivity contribution in [2.24, 2.45) is 0 Å². The van der Waals surface area contributed by atoms with Gasteiger partial charge in [0.25, 0.3) is 0 Å². The van der Waals surface area contributed by atoms with Crippen molar-refractivity contribution in [3.8, 4) is 63.0 Å². The van der Waals surface area contributed by atoms with Crippen LogP contribution in [0.5, 0.6) is 0 Å². The lowest BCUT2D eigenvalue weighted by Crippen LogP contribution is -2.11. The van der Waals surface area contributed by atoms with Crippen LogP contribution in [0.1, 0.15) is 27.8 Å². The molecule has 5 nitrogen and oxygen atoms in total. The first-order valence-electron chi connectivity index (χ1n) is 19.8. The average Bonchev–Trinajstić information content (AvgIpc) is 3.82. The molecular weight excluding hydrogens is 821 g/mol. The highest BCUT2D eigenvalue weighted by molar-refractivity contribution is 6.12. The molecule has 0 saturated heterocycles. The molecule has 0 unspecified atom stereocenters. The molecule has 2 heterocycles. The highest BCUT2D eigenvalue weighted by atomic mass is 19.4. The minimum absolute atomic E-state index is 0.00315. The molecule has 2 aromatic heterocycles. The largest absolute Gasteiger partial charge is 0.416 e. The number of rotatable bonds is 5. The van der Waals surface area contributed by atoms with Crippen LogP contribution in [0.15, 0.2) is 164 Å². The number of hydrogen-bond donors (Lipinski definition) is 0. The zero-order valence-corrected chi connectivity index (χ0v) is 33.1. The van der Waals surface area contributed by atoms with Crippen LogP contribution in [0, 0.1) is 34.0 Å². The summed E-state index contributed by atoms with van der Waals surface area (Å²) >= 11 is 0. The summed E-state index contributed by atoms with van der Waals surface area (Å²) in [5.41, 5.74) is 3.43. The molecule has 11 heteroatoms. The van der Waals surface area contributed by atoms with Crippen LogP contribution in [0.25, 0.3) is 88.4 Å². The van der Waals surface area contributed by atoms with Gasteiger partial charge in [-0.15, -0.1) is 0 Å². The van der Waals surface area contributed by atoms with Crippen molar-refractivity contribution in [1.82, 2.24) is 9.13 Å². The Bertz CT molecular complexity index is 3470. The standard InChI is InChI=1S/C53H27F6N5/c54-52(55,56)37-21-35(22-38(27-37)53(57,58)59)36-25-50(63-46-15-7-5-13-41(46)43-23-31(17-19-48(43)63)39-11-3-1-9-33(39)28-60)45(30-62)51(26-36)64-47-16-8-6-14-42(47)44-24-32(18-20-49(44)64)40-12-4-2-10-34(40)29-61/h1-27H. The summed E-state index contributed by atoms with van der Waals surface area (Å²) in [6, 6.07) is 51.5. The molecular formula is C53H27F6N5. The van der Waals surface area contributed by atoms with Gasteiger partial charge in [-0.1, -0.05) is 84.9 Å². The molecule has 0 saturated carbocycles. The van der Waals surface area contributed by atoms with E-state index in [0.29, 0.717) is 56.5 Å². The maximum absolute atomic E-state index is 14.4. The Morgan fingerprint density at radius 2 is 0.750 bits per heavy atom. The fraction of sp³-hybridized carbons (Fsp3) is 0.0377. The van der Waals surface area contributed by atoms with Gasteiger partial charge in [0.15, 0.2) is 0 Å². The molecule has 0 aliphatic carbocycles. The quantitative estimate of drug-likeness (QED) is 0.162. The fourth-order valence-electron chi connectivity index (χ4n) is 8.83. The van der Waals surface area contributed by atoms with Gasteiger partial charge >= 0.3 is 12.4 Å². The van der Waals surface area contributed by atoms with E-state index in [2.05, 4.69) is 18.2 Å². The average molecular weight is 848 g/mol. The fourth-order valence-corrected chi connectivity index (χ4v) is 8.83. The second-order valence-electron chi connectivity index (χ2n) is 15.3. The van der Waals surface area contributed by atoms with Crippen molar-refractivity contribution in [3.05, 3.63) is 192 Å². The monoisotopic (exact) mass is 847 g/mol. The smallest absolute Gasteiger partial charge is 0.308 e. The molecule has 0 atom stereocenters. The predicted octanol–water partition coefficient (Wildman–Crippen LogP) is 14.5. The van der Waals surface area contributed by atoms with Crippen LogP contribution < -0.4 is 0 Å². The van der Waals surface area contributed by atoms with Crippen molar-refractivity contribution in [2.45, 2.75) is 12.4 Å². The van der Waals surface area contributed by atoms with Gasteiger partial charge in [0.05, 0.1) is 67.8 Å². The molecule has 10 rings (SSSR count). The summed E-state index contributed by atoms with van der Waals surface area (Å²) in [6.45, 7) is 0. The van der Waals surface area contributed by atoms with E-state index in [1.807, 2.05) is 97.1 Å². The van der Waals surface area contributed by atoms with E-state index in [0.717, 1.165) is 32.7 Å². The van der Waals surface area contributed by atoms with Gasteiger partial charge < -0.3 is 9.13 Å². The number of hydrogen-bond acceptors (Lipinski definition) is 3. The second kappa shape index (κ2) is 14.8. The Balaban J connectivity index is 1.33. The Hall–Kier alpha value is -8.59. The van der Waals surface area contributed by atoms with Gasteiger partial charge in [0.2, 0.25) is 0 Å². The Labute approximate surface area is 360 Å². The second-order valence-corrected chi connectivity index (χ2v) is 15.3. The van der Waals surface area contributed by atoms with E-state index in [4.69, 9.17) is 0 Å². The molecule has 0 amide bonds. The maximum Gasteiger partial charge on any atom is 0.416 e. The lowest BCUT2D eigenvalue weighted by molar-refractivity contribution is -0.143. The van der Waals surface area contributed by atoms with Crippen LogP contribution in [-0.2, 0) is 12.4 Å². The molecule has 8 aromatic carbocycles. The minimum atomic E-state index is -5.11. The Kier molecular flexibility index (Phi) is 9.14. The molecule has 0 spiro atoms. The number of alkyl halides is 6. The molecule has 64 heavy (non-hydrogen) atoms. The third-order valence-corrected chi connectivity index (χ3v) is 11.7. The van der Waals surface area contributed by atoms with Crippen LogP contribution in [0.3, 0.4) is 0 Å². The van der Waals surface area contributed by atoms with Crippen molar-refractivity contribution in [1.29, 1.82) is 15.8 Å². The third-order valence-electron chi connectivity index (χ3n) is 11.7. The van der Waals surface area contributed by atoms with E-state index < -0.39 is 23.5 Å². The van der Waals surface area contributed by atoms with E-state index in [9.17, 15) is 42.1 Å². The molecule has 0 aliphatic heterocycles. The topological polar surface area (TPSA) is 81.2 Å². The van der Waals surface area contributed by atoms with Gasteiger partial charge in [-0.3, -0.25) is 0 Å².